The maximum Gasteiger partial charge on any atom is 0.214 e. The molecule has 0 fully saturated rings. The van der Waals surface area contributed by atoms with Gasteiger partial charge in [-0.15, -0.1) is 11.3 Å². The quantitative estimate of drug-likeness (QED) is 0.640. The number of nitrogens with one attached hydrogen (secondary N) is 2. The Morgan fingerprint density at radius 2 is 2.00 bits per heavy atom. The van der Waals surface area contributed by atoms with Crippen LogP contribution in [0.5, 0.6) is 0 Å². The van der Waals surface area contributed by atoms with Gasteiger partial charge in [-0.05, 0) is 20.8 Å². The fourth-order valence-corrected chi connectivity index (χ4v) is 2.90. The van der Waals surface area contributed by atoms with Crippen LogP contribution in [0.3, 0.4) is 0 Å². The van der Waals surface area contributed by atoms with Gasteiger partial charge in [-0.1, -0.05) is 20.8 Å². The van der Waals surface area contributed by atoms with Crippen LogP contribution in [0, 0.1) is 13.8 Å². The summed E-state index contributed by atoms with van der Waals surface area (Å²) in [7, 11) is 0. The van der Waals surface area contributed by atoms with Crippen molar-refractivity contribution in [2.24, 2.45) is 4.99 Å². The second-order valence-corrected chi connectivity index (χ2v) is 7.55. The van der Waals surface area contributed by atoms with Gasteiger partial charge in [-0.2, -0.15) is 0 Å². The Kier molecular flexibility index (Phi) is 5.99. The van der Waals surface area contributed by atoms with Crippen molar-refractivity contribution in [1.82, 2.24) is 20.6 Å². The fourth-order valence-electron chi connectivity index (χ4n) is 2.00. The molecule has 2 aromatic rings. The van der Waals surface area contributed by atoms with Crippen LogP contribution in [-0.2, 0) is 18.5 Å². The van der Waals surface area contributed by atoms with E-state index in [4.69, 9.17) is 4.42 Å². The van der Waals surface area contributed by atoms with Crippen molar-refractivity contribution < 1.29 is 4.42 Å². The Morgan fingerprint density at radius 1 is 1.25 bits per heavy atom. The lowest BCUT2D eigenvalue weighted by molar-refractivity contribution is 0.463. The highest BCUT2D eigenvalue weighted by Gasteiger charge is 2.17. The lowest BCUT2D eigenvalue weighted by atomic mass is 9.98. The number of aliphatic imine (C=N–C) groups is 1. The predicted octanol–water partition coefficient (Wildman–Crippen LogP) is 3.30. The average Bonchev–Trinajstić information content (AvgIpc) is 3.09. The van der Waals surface area contributed by atoms with Crippen LogP contribution in [-0.4, -0.2) is 22.5 Å². The third-order valence-electron chi connectivity index (χ3n) is 3.42. The Labute approximate surface area is 147 Å². The lowest BCUT2D eigenvalue weighted by Gasteiger charge is -2.13. The first-order chi connectivity index (χ1) is 11.3. The van der Waals surface area contributed by atoms with Gasteiger partial charge in [0, 0.05) is 17.3 Å². The number of aryl methyl sites for hydroxylation is 2. The van der Waals surface area contributed by atoms with E-state index in [1.807, 2.05) is 20.8 Å². The fraction of sp³-hybridized carbons (Fsp3) is 0.588. The molecule has 0 radical (unpaired) electrons. The maximum atomic E-state index is 5.58. The Morgan fingerprint density at radius 3 is 2.54 bits per heavy atom. The molecule has 0 atom stereocenters. The molecule has 0 amide bonds. The van der Waals surface area contributed by atoms with Gasteiger partial charge in [-0.25, -0.2) is 15.0 Å². The number of thiazole rings is 1. The van der Waals surface area contributed by atoms with E-state index in [1.165, 1.54) is 0 Å². The zero-order chi connectivity index (χ0) is 17.7. The number of hydrogen-bond acceptors (Lipinski definition) is 5. The Hall–Kier alpha value is -1.89. The van der Waals surface area contributed by atoms with E-state index in [2.05, 4.69) is 51.7 Å². The number of rotatable bonds is 5. The number of nitrogens with zero attached hydrogens (tertiary/aromatic N) is 3. The molecular formula is C17H27N5OS. The van der Waals surface area contributed by atoms with Gasteiger partial charge in [0.15, 0.2) is 5.96 Å². The van der Waals surface area contributed by atoms with Crippen molar-refractivity contribution in [2.45, 2.75) is 60.0 Å². The molecule has 0 spiro atoms. The molecule has 2 aromatic heterocycles. The molecule has 24 heavy (non-hydrogen) atoms. The standard InChI is InChI=1S/C17H27N5OS/c1-7-18-16(20-9-14-21-11(2)12(3)23-14)19-8-13-10-24-15(22-13)17(4,5)6/h10H,7-9H2,1-6H3,(H2,18,19,20). The second-order valence-electron chi connectivity index (χ2n) is 6.69. The van der Waals surface area contributed by atoms with Gasteiger partial charge in [0.2, 0.25) is 5.89 Å². The second kappa shape index (κ2) is 7.79. The van der Waals surface area contributed by atoms with Crippen molar-refractivity contribution in [3.63, 3.8) is 0 Å². The zero-order valence-electron chi connectivity index (χ0n) is 15.4. The number of aromatic nitrogens is 2. The van der Waals surface area contributed by atoms with Crippen molar-refractivity contribution in [1.29, 1.82) is 0 Å². The first-order valence-corrected chi connectivity index (χ1v) is 9.07. The molecule has 2 N–H and O–H groups in total. The largest absolute Gasteiger partial charge is 0.444 e. The summed E-state index contributed by atoms with van der Waals surface area (Å²) >= 11 is 1.69. The van der Waals surface area contributed by atoms with E-state index in [9.17, 15) is 0 Å². The molecule has 0 aliphatic heterocycles. The van der Waals surface area contributed by atoms with Gasteiger partial charge in [0.1, 0.15) is 5.76 Å². The average molecular weight is 350 g/mol. The van der Waals surface area contributed by atoms with Crippen molar-refractivity contribution in [3.8, 4) is 0 Å². The van der Waals surface area contributed by atoms with Gasteiger partial charge in [0.05, 0.1) is 29.5 Å². The van der Waals surface area contributed by atoms with Gasteiger partial charge in [0.25, 0.3) is 0 Å². The van der Waals surface area contributed by atoms with E-state index in [1.54, 1.807) is 11.3 Å². The van der Waals surface area contributed by atoms with Gasteiger partial charge < -0.3 is 15.1 Å². The molecule has 0 saturated carbocycles. The summed E-state index contributed by atoms with van der Waals surface area (Å²) < 4.78 is 5.58. The summed E-state index contributed by atoms with van der Waals surface area (Å²) in [4.78, 5) is 13.6. The molecule has 6 nitrogen and oxygen atoms in total. The van der Waals surface area contributed by atoms with Crippen LogP contribution in [0.25, 0.3) is 0 Å². The predicted molar refractivity (Wildman–Crippen MR) is 98.4 cm³/mol. The lowest BCUT2D eigenvalue weighted by Crippen LogP contribution is -2.36. The molecule has 0 aliphatic carbocycles. The molecular weight excluding hydrogens is 322 g/mol. The summed E-state index contributed by atoms with van der Waals surface area (Å²) in [6.07, 6.45) is 0. The minimum absolute atomic E-state index is 0.0794. The summed E-state index contributed by atoms with van der Waals surface area (Å²) in [6, 6.07) is 0. The van der Waals surface area contributed by atoms with Crippen molar-refractivity contribution in [3.05, 3.63) is 33.4 Å². The normalized spacial score (nSPS) is 12.5. The Balaban J connectivity index is 1.98. The maximum absolute atomic E-state index is 5.58. The topological polar surface area (TPSA) is 75.3 Å². The molecule has 7 heteroatoms. The first kappa shape index (κ1) is 18.4. The molecule has 0 bridgehead atoms. The third kappa shape index (κ3) is 5.06. The minimum Gasteiger partial charge on any atom is -0.444 e. The summed E-state index contributed by atoms with van der Waals surface area (Å²) in [5.74, 6) is 2.25. The summed E-state index contributed by atoms with van der Waals surface area (Å²) in [5, 5.41) is 9.68. The first-order valence-electron chi connectivity index (χ1n) is 8.19. The van der Waals surface area contributed by atoms with E-state index in [0.29, 0.717) is 19.0 Å². The highest BCUT2D eigenvalue weighted by molar-refractivity contribution is 7.09. The molecule has 0 aromatic carbocycles. The van der Waals surface area contributed by atoms with Crippen LogP contribution in [0.1, 0.15) is 55.7 Å². The molecule has 0 unspecified atom stereocenters. The summed E-state index contributed by atoms with van der Waals surface area (Å²) in [5.41, 5.74) is 1.99. The van der Waals surface area contributed by atoms with E-state index in [-0.39, 0.29) is 5.41 Å². The monoisotopic (exact) mass is 349 g/mol. The molecule has 0 aliphatic rings. The van der Waals surface area contributed by atoms with E-state index < -0.39 is 0 Å². The summed E-state index contributed by atoms with van der Waals surface area (Å²) in [6.45, 7) is 14.3. The van der Waals surface area contributed by atoms with Gasteiger partial charge >= 0.3 is 0 Å². The van der Waals surface area contributed by atoms with Crippen LogP contribution in [0.4, 0.5) is 0 Å². The van der Waals surface area contributed by atoms with Crippen LogP contribution in [0.2, 0.25) is 0 Å². The molecule has 132 valence electrons. The minimum atomic E-state index is 0.0794. The van der Waals surface area contributed by atoms with Crippen LogP contribution >= 0.6 is 11.3 Å². The number of guanidine groups is 1. The molecule has 2 heterocycles. The van der Waals surface area contributed by atoms with Gasteiger partial charge in [-0.3, -0.25) is 0 Å². The highest BCUT2D eigenvalue weighted by Crippen LogP contribution is 2.25. The third-order valence-corrected chi connectivity index (χ3v) is 4.73. The van der Waals surface area contributed by atoms with Crippen LogP contribution in [0.15, 0.2) is 14.8 Å². The Bertz CT molecular complexity index is 677. The molecule has 2 rings (SSSR count). The van der Waals surface area contributed by atoms with Crippen molar-refractivity contribution in [2.75, 3.05) is 6.54 Å². The van der Waals surface area contributed by atoms with Crippen LogP contribution < -0.4 is 10.6 Å². The smallest absolute Gasteiger partial charge is 0.214 e. The molecule has 0 saturated heterocycles. The number of oxazole rings is 1. The van der Waals surface area contributed by atoms with Crippen molar-refractivity contribution >= 4 is 17.3 Å². The number of hydrogen-bond donors (Lipinski definition) is 2. The zero-order valence-corrected chi connectivity index (χ0v) is 16.2. The van der Waals surface area contributed by atoms with E-state index in [0.717, 1.165) is 34.7 Å². The highest BCUT2D eigenvalue weighted by atomic mass is 32.1. The van der Waals surface area contributed by atoms with E-state index >= 15 is 0 Å². The SMILES string of the molecule is CCNC(=NCc1csc(C(C)(C)C)n1)NCc1nc(C)c(C)o1.